The van der Waals surface area contributed by atoms with Crippen LogP contribution in [0.1, 0.15) is 24.2 Å². The minimum Gasteiger partial charge on any atom is -0.339 e. The minimum atomic E-state index is -0.321. The predicted molar refractivity (Wildman–Crippen MR) is 88.0 cm³/mol. The number of rotatable bonds is 3. The van der Waals surface area contributed by atoms with Gasteiger partial charge >= 0.3 is 0 Å². The molecule has 0 aliphatic carbocycles. The maximum Gasteiger partial charge on any atom is 0.254 e. The largest absolute Gasteiger partial charge is 0.339 e. The van der Waals surface area contributed by atoms with Gasteiger partial charge < -0.3 is 15.1 Å². The van der Waals surface area contributed by atoms with Crippen LogP contribution in [0.5, 0.6) is 0 Å². The molecular formula is C17H21N3O3. The van der Waals surface area contributed by atoms with Crippen molar-refractivity contribution in [3.8, 4) is 0 Å². The van der Waals surface area contributed by atoms with Crippen LogP contribution in [0, 0.1) is 0 Å². The Kier molecular flexibility index (Phi) is 5.16. The van der Waals surface area contributed by atoms with Gasteiger partial charge in [-0.2, -0.15) is 0 Å². The number of carbonyl (C=O) groups excluding carboxylic acids is 3. The van der Waals surface area contributed by atoms with Crippen molar-refractivity contribution in [2.24, 2.45) is 0 Å². The van der Waals surface area contributed by atoms with Gasteiger partial charge in [-0.05, 0) is 31.2 Å². The summed E-state index contributed by atoms with van der Waals surface area (Å²) in [7, 11) is 0. The fourth-order valence-corrected chi connectivity index (χ4v) is 2.63. The van der Waals surface area contributed by atoms with Gasteiger partial charge in [0.05, 0.1) is 0 Å². The Morgan fingerprint density at radius 3 is 2.65 bits per heavy atom. The van der Waals surface area contributed by atoms with Crippen molar-refractivity contribution in [2.75, 3.05) is 25.0 Å². The summed E-state index contributed by atoms with van der Waals surface area (Å²) in [6, 6.07) is 6.76. The number of nitrogens with zero attached hydrogens (tertiary/aromatic N) is 2. The van der Waals surface area contributed by atoms with E-state index in [1.807, 2.05) is 6.92 Å². The van der Waals surface area contributed by atoms with Crippen LogP contribution in [-0.2, 0) is 9.59 Å². The molecule has 122 valence electrons. The first-order valence-electron chi connectivity index (χ1n) is 7.52. The average Bonchev–Trinajstić information content (AvgIpc) is 2.54. The average molecular weight is 315 g/mol. The lowest BCUT2D eigenvalue weighted by atomic mass is 10.1. The molecule has 1 aromatic rings. The second-order valence-electron chi connectivity index (χ2n) is 5.59. The summed E-state index contributed by atoms with van der Waals surface area (Å²) >= 11 is 0. The number of hydrogen-bond acceptors (Lipinski definition) is 3. The van der Waals surface area contributed by atoms with E-state index in [-0.39, 0.29) is 23.8 Å². The fraction of sp³-hybridized carbons (Fsp3) is 0.353. The zero-order valence-electron chi connectivity index (χ0n) is 13.4. The van der Waals surface area contributed by atoms with Crippen LogP contribution >= 0.6 is 0 Å². The number of amides is 3. The summed E-state index contributed by atoms with van der Waals surface area (Å²) in [4.78, 5) is 39.0. The second-order valence-corrected chi connectivity index (χ2v) is 5.59. The van der Waals surface area contributed by atoms with Gasteiger partial charge in [0.2, 0.25) is 11.8 Å². The van der Waals surface area contributed by atoms with Crippen LogP contribution in [0.3, 0.4) is 0 Å². The lowest BCUT2D eigenvalue weighted by Crippen LogP contribution is -2.55. The maximum absolute atomic E-state index is 12.7. The smallest absolute Gasteiger partial charge is 0.254 e. The van der Waals surface area contributed by atoms with E-state index in [9.17, 15) is 14.4 Å². The summed E-state index contributed by atoms with van der Waals surface area (Å²) in [5, 5.41) is 2.64. The second kappa shape index (κ2) is 7.09. The van der Waals surface area contributed by atoms with Gasteiger partial charge in [0.15, 0.2) is 0 Å². The van der Waals surface area contributed by atoms with Crippen molar-refractivity contribution in [2.45, 2.75) is 19.9 Å². The van der Waals surface area contributed by atoms with Crippen molar-refractivity contribution in [1.29, 1.82) is 0 Å². The first kappa shape index (κ1) is 16.7. The number of carbonyl (C=O) groups is 3. The predicted octanol–water partition coefficient (Wildman–Crippen LogP) is 1.50. The topological polar surface area (TPSA) is 69.7 Å². The van der Waals surface area contributed by atoms with E-state index in [0.29, 0.717) is 30.9 Å². The van der Waals surface area contributed by atoms with Crippen molar-refractivity contribution in [1.82, 2.24) is 9.80 Å². The third kappa shape index (κ3) is 3.97. The molecule has 6 nitrogen and oxygen atoms in total. The lowest BCUT2D eigenvalue weighted by Gasteiger charge is -2.39. The number of piperazine rings is 1. The zero-order chi connectivity index (χ0) is 17.0. The van der Waals surface area contributed by atoms with Gasteiger partial charge in [-0.1, -0.05) is 12.6 Å². The monoisotopic (exact) mass is 315 g/mol. The van der Waals surface area contributed by atoms with Crippen LogP contribution in [0.25, 0.3) is 0 Å². The van der Waals surface area contributed by atoms with Crippen LogP contribution < -0.4 is 5.32 Å². The highest BCUT2D eigenvalue weighted by molar-refractivity contribution is 6.00. The molecule has 1 aliphatic rings. The van der Waals surface area contributed by atoms with E-state index in [2.05, 4.69) is 11.9 Å². The highest BCUT2D eigenvalue weighted by atomic mass is 16.2. The maximum atomic E-state index is 12.7. The molecule has 0 bridgehead atoms. The molecule has 3 amide bonds. The summed E-state index contributed by atoms with van der Waals surface area (Å²) in [6.07, 6.45) is 1.18. The summed E-state index contributed by atoms with van der Waals surface area (Å²) < 4.78 is 0. The molecule has 0 saturated carbocycles. The first-order chi connectivity index (χ1) is 10.9. The molecule has 0 radical (unpaired) electrons. The first-order valence-corrected chi connectivity index (χ1v) is 7.52. The fourth-order valence-electron chi connectivity index (χ4n) is 2.63. The van der Waals surface area contributed by atoms with E-state index in [4.69, 9.17) is 0 Å². The Morgan fingerprint density at radius 2 is 2.04 bits per heavy atom. The van der Waals surface area contributed by atoms with E-state index in [0.717, 1.165) is 0 Å². The summed E-state index contributed by atoms with van der Waals surface area (Å²) in [5.74, 6) is -0.397. The van der Waals surface area contributed by atoms with Crippen LogP contribution in [0.2, 0.25) is 0 Å². The van der Waals surface area contributed by atoms with Crippen molar-refractivity contribution in [3.63, 3.8) is 0 Å². The molecule has 0 unspecified atom stereocenters. The molecule has 0 aromatic heterocycles. The SMILES string of the molecule is C=CC(=O)Nc1cccc(C(=O)N2CCN(C(C)=O)C[C@H]2C)c1. The van der Waals surface area contributed by atoms with E-state index < -0.39 is 0 Å². The van der Waals surface area contributed by atoms with Crippen molar-refractivity contribution >= 4 is 23.4 Å². The zero-order valence-corrected chi connectivity index (χ0v) is 13.4. The van der Waals surface area contributed by atoms with Crippen LogP contribution in [0.15, 0.2) is 36.9 Å². The van der Waals surface area contributed by atoms with Gasteiger partial charge in [0.25, 0.3) is 5.91 Å². The molecule has 1 fully saturated rings. The molecular weight excluding hydrogens is 294 g/mol. The Balaban J connectivity index is 2.11. The molecule has 1 N–H and O–H groups in total. The third-order valence-electron chi connectivity index (χ3n) is 3.90. The van der Waals surface area contributed by atoms with Crippen molar-refractivity contribution in [3.05, 3.63) is 42.5 Å². The molecule has 0 spiro atoms. The highest BCUT2D eigenvalue weighted by Gasteiger charge is 2.29. The van der Waals surface area contributed by atoms with Crippen molar-refractivity contribution < 1.29 is 14.4 Å². The van der Waals surface area contributed by atoms with E-state index in [1.54, 1.807) is 34.1 Å². The Morgan fingerprint density at radius 1 is 1.30 bits per heavy atom. The molecule has 2 rings (SSSR count). The molecule has 6 heteroatoms. The standard InChI is InChI=1S/C17H21N3O3/c1-4-16(22)18-15-7-5-6-14(10-15)17(23)20-9-8-19(13(3)21)11-12(20)2/h4-7,10,12H,1,8-9,11H2,2-3H3,(H,18,22)/t12-/m1/s1. The number of benzene rings is 1. The molecule has 23 heavy (non-hydrogen) atoms. The molecule has 1 aliphatic heterocycles. The number of anilines is 1. The third-order valence-corrected chi connectivity index (χ3v) is 3.90. The normalized spacial score (nSPS) is 17.6. The van der Waals surface area contributed by atoms with Gasteiger partial charge in [0.1, 0.15) is 0 Å². The quantitative estimate of drug-likeness (QED) is 0.860. The number of nitrogens with one attached hydrogen (secondary N) is 1. The van der Waals surface area contributed by atoms with E-state index >= 15 is 0 Å². The highest BCUT2D eigenvalue weighted by Crippen LogP contribution is 2.17. The Labute approximate surface area is 135 Å². The molecule has 1 heterocycles. The minimum absolute atomic E-state index is 0.0260. The Bertz CT molecular complexity index is 642. The lowest BCUT2D eigenvalue weighted by molar-refractivity contribution is -0.131. The van der Waals surface area contributed by atoms with Gasteiger partial charge in [0, 0.05) is 43.9 Å². The molecule has 1 aromatic carbocycles. The molecule has 1 saturated heterocycles. The van der Waals surface area contributed by atoms with Crippen LogP contribution in [-0.4, -0.2) is 53.2 Å². The van der Waals surface area contributed by atoms with Gasteiger partial charge in [-0.15, -0.1) is 0 Å². The van der Waals surface area contributed by atoms with Gasteiger partial charge in [-0.25, -0.2) is 0 Å². The molecule has 1 atom stereocenters. The van der Waals surface area contributed by atoms with Gasteiger partial charge in [-0.3, -0.25) is 14.4 Å². The van der Waals surface area contributed by atoms with E-state index in [1.165, 1.54) is 13.0 Å². The summed E-state index contributed by atoms with van der Waals surface area (Å²) in [5.41, 5.74) is 1.06. The Hall–Kier alpha value is -2.63. The number of hydrogen-bond donors (Lipinski definition) is 1. The summed E-state index contributed by atoms with van der Waals surface area (Å²) in [6.45, 7) is 8.44. The van der Waals surface area contributed by atoms with Crippen LogP contribution in [0.4, 0.5) is 5.69 Å².